The van der Waals surface area contributed by atoms with Gasteiger partial charge in [-0.1, -0.05) is 12.1 Å². The Morgan fingerprint density at radius 3 is 2.44 bits per heavy atom. The molecule has 3 heterocycles. The van der Waals surface area contributed by atoms with E-state index in [4.69, 9.17) is 10.5 Å². The monoisotopic (exact) mass is 539 g/mol. The molecule has 0 aliphatic carbocycles. The maximum Gasteiger partial charge on any atom is 0.433 e. The summed E-state index contributed by atoms with van der Waals surface area (Å²) < 4.78 is 44.7. The van der Waals surface area contributed by atoms with Gasteiger partial charge in [0.1, 0.15) is 17.1 Å². The number of primary amides is 1. The van der Waals surface area contributed by atoms with Crippen molar-refractivity contribution < 1.29 is 27.5 Å². The summed E-state index contributed by atoms with van der Waals surface area (Å²) in [5.74, 6) is -1.89. The van der Waals surface area contributed by atoms with Crippen LogP contribution in [0.2, 0.25) is 0 Å². The van der Waals surface area contributed by atoms with Crippen molar-refractivity contribution in [3.05, 3.63) is 83.2 Å². The number of fused-ring (bicyclic) bond motifs is 1. The summed E-state index contributed by atoms with van der Waals surface area (Å²) in [5, 5.41) is 8.63. The van der Waals surface area contributed by atoms with Crippen molar-refractivity contribution in [1.29, 1.82) is 0 Å². The zero-order valence-corrected chi connectivity index (χ0v) is 20.5. The van der Waals surface area contributed by atoms with Gasteiger partial charge >= 0.3 is 6.18 Å². The van der Waals surface area contributed by atoms with E-state index in [1.807, 2.05) is 24.3 Å². The van der Waals surface area contributed by atoms with Crippen LogP contribution in [-0.2, 0) is 22.3 Å². The number of amides is 2. The number of nitrogens with zero attached hydrogens (tertiary/aromatic N) is 3. The van der Waals surface area contributed by atoms with Crippen LogP contribution >= 0.6 is 0 Å². The van der Waals surface area contributed by atoms with Gasteiger partial charge in [0.15, 0.2) is 5.82 Å². The number of rotatable bonds is 6. The molecule has 2 amide bonds. The van der Waals surface area contributed by atoms with Gasteiger partial charge in [0.25, 0.3) is 11.8 Å². The van der Waals surface area contributed by atoms with Gasteiger partial charge in [0.05, 0.1) is 24.6 Å². The lowest BCUT2D eigenvalue weighted by Crippen LogP contribution is -2.35. The van der Waals surface area contributed by atoms with E-state index >= 15 is 0 Å². The maximum absolute atomic E-state index is 13.1. The van der Waals surface area contributed by atoms with E-state index in [-0.39, 0.29) is 17.3 Å². The molecule has 39 heavy (non-hydrogen) atoms. The van der Waals surface area contributed by atoms with Crippen LogP contribution in [-0.4, -0.2) is 53.0 Å². The summed E-state index contributed by atoms with van der Waals surface area (Å²) in [6.45, 7) is 4.00. The zero-order chi connectivity index (χ0) is 27.6. The van der Waals surface area contributed by atoms with Crippen molar-refractivity contribution in [2.24, 2.45) is 5.73 Å². The first-order valence-electron chi connectivity index (χ1n) is 12.0. The number of aromatic nitrogens is 2. The molecule has 0 saturated carbocycles. The molecule has 5 rings (SSSR count). The van der Waals surface area contributed by atoms with Gasteiger partial charge in [-0.25, -0.2) is 9.97 Å². The number of nitrogens with two attached hydrogens (primary N) is 1. The highest BCUT2D eigenvalue weighted by Crippen LogP contribution is 2.35. The average Bonchev–Trinajstić information content (AvgIpc) is 3.32. The van der Waals surface area contributed by atoms with Crippen LogP contribution in [0.15, 0.2) is 60.5 Å². The van der Waals surface area contributed by atoms with Gasteiger partial charge in [0, 0.05) is 37.1 Å². The van der Waals surface area contributed by atoms with Crippen LogP contribution in [0.4, 0.5) is 30.2 Å². The van der Waals surface area contributed by atoms with Gasteiger partial charge < -0.3 is 26.4 Å². The Morgan fingerprint density at radius 2 is 1.74 bits per heavy atom. The molecule has 0 unspecified atom stereocenters. The number of ether oxygens (including phenoxy) is 1. The quantitative estimate of drug-likeness (QED) is 0.351. The fourth-order valence-electron chi connectivity index (χ4n) is 4.22. The lowest BCUT2D eigenvalue weighted by Gasteiger charge is -2.26. The summed E-state index contributed by atoms with van der Waals surface area (Å²) in [6, 6.07) is 13.0. The highest BCUT2D eigenvalue weighted by molar-refractivity contribution is 6.20. The predicted molar refractivity (Wildman–Crippen MR) is 137 cm³/mol. The minimum absolute atomic E-state index is 0.00485. The zero-order valence-electron chi connectivity index (χ0n) is 20.5. The van der Waals surface area contributed by atoms with Crippen LogP contribution in [0.5, 0.6) is 0 Å². The number of carbonyl (C=O) groups is 2. The van der Waals surface area contributed by atoms with E-state index in [1.165, 1.54) is 0 Å². The minimum atomic E-state index is -4.73. The van der Waals surface area contributed by atoms with Crippen LogP contribution < -0.4 is 21.7 Å². The Hall–Kier alpha value is -4.49. The van der Waals surface area contributed by atoms with Crippen molar-refractivity contribution in [3.63, 3.8) is 0 Å². The molecule has 5 N–H and O–H groups in total. The van der Waals surface area contributed by atoms with Crippen molar-refractivity contribution in [2.45, 2.75) is 12.7 Å². The molecule has 3 aromatic rings. The second-order valence-electron chi connectivity index (χ2n) is 8.93. The van der Waals surface area contributed by atoms with Crippen molar-refractivity contribution in [3.8, 4) is 0 Å². The second kappa shape index (κ2) is 10.7. The minimum Gasteiger partial charge on any atom is -0.379 e. The molecule has 0 spiro atoms. The number of hydrogen-bond acceptors (Lipinski definition) is 8. The number of hydrogen-bond donors (Lipinski definition) is 4. The predicted octanol–water partition coefficient (Wildman–Crippen LogP) is 3.27. The Morgan fingerprint density at radius 1 is 1.03 bits per heavy atom. The number of benzene rings is 2. The summed E-state index contributed by atoms with van der Waals surface area (Å²) in [4.78, 5) is 34.6. The first-order valence-corrected chi connectivity index (χ1v) is 12.0. The molecule has 10 nitrogen and oxygen atoms in total. The highest BCUT2D eigenvalue weighted by Gasteiger charge is 2.34. The first kappa shape index (κ1) is 26.1. The molecule has 2 aromatic carbocycles. The molecule has 1 aromatic heterocycles. The van der Waals surface area contributed by atoms with E-state index in [9.17, 15) is 22.8 Å². The molecular formula is C26H24F3N7O3. The fraction of sp³-hybridized carbons (Fsp3) is 0.231. The summed E-state index contributed by atoms with van der Waals surface area (Å²) >= 11 is 0. The molecule has 2 aliphatic heterocycles. The molecule has 1 fully saturated rings. The standard InChI is InChI=1S/C26H24F3N7O3/c27-26(28,29)20-7-8-31-23(35-20)21(22(30)37)24-33-18-6-3-16(13-19(18)34-24)25(38)32-17-4-1-15(2-5-17)14-36-9-11-39-12-10-36/h1-8,13,33-34H,9-12,14H2,(H2,30,37)(H,32,38)/b24-21-. The largest absolute Gasteiger partial charge is 0.433 e. The third kappa shape index (κ3) is 5.99. The normalized spacial score (nSPS) is 16.6. The summed E-state index contributed by atoms with van der Waals surface area (Å²) in [5.41, 5.74) is 6.85. The molecule has 13 heteroatoms. The fourth-order valence-corrected chi connectivity index (χ4v) is 4.22. The third-order valence-corrected chi connectivity index (χ3v) is 6.19. The molecular weight excluding hydrogens is 515 g/mol. The van der Waals surface area contributed by atoms with Gasteiger partial charge in [0.2, 0.25) is 0 Å². The number of alkyl halides is 3. The topological polar surface area (TPSA) is 134 Å². The SMILES string of the molecule is NC(=O)/C(=C1\Nc2ccc(C(=O)Nc3ccc(CN4CCOCC4)cc3)cc2N1)c1nccc(C(F)(F)F)n1. The Kier molecular flexibility index (Phi) is 7.17. The average molecular weight is 540 g/mol. The number of nitrogens with one attached hydrogen (secondary N) is 3. The van der Waals surface area contributed by atoms with Crippen LogP contribution in [0.1, 0.15) is 27.4 Å². The lowest BCUT2D eigenvalue weighted by atomic mass is 10.1. The highest BCUT2D eigenvalue weighted by atomic mass is 19.4. The smallest absolute Gasteiger partial charge is 0.379 e. The van der Waals surface area contributed by atoms with E-state index < -0.39 is 23.6 Å². The lowest BCUT2D eigenvalue weighted by molar-refractivity contribution is -0.141. The van der Waals surface area contributed by atoms with Gasteiger partial charge in [-0.2, -0.15) is 13.2 Å². The molecule has 1 saturated heterocycles. The second-order valence-corrected chi connectivity index (χ2v) is 8.93. The summed E-state index contributed by atoms with van der Waals surface area (Å²) in [7, 11) is 0. The number of anilines is 3. The van der Waals surface area contributed by atoms with E-state index in [0.717, 1.165) is 44.6 Å². The molecule has 0 bridgehead atoms. The summed E-state index contributed by atoms with van der Waals surface area (Å²) in [6.07, 6.45) is -3.83. The van der Waals surface area contributed by atoms with Crippen LogP contribution in [0, 0.1) is 0 Å². The Balaban J connectivity index is 1.30. The Bertz CT molecular complexity index is 1440. The number of morpholine rings is 1. The van der Waals surface area contributed by atoms with E-state index in [0.29, 0.717) is 28.7 Å². The van der Waals surface area contributed by atoms with Gasteiger partial charge in [-0.3, -0.25) is 14.5 Å². The van der Waals surface area contributed by atoms with Gasteiger partial charge in [-0.05, 0) is 42.0 Å². The molecule has 2 aliphatic rings. The maximum atomic E-state index is 13.1. The number of carbonyl (C=O) groups excluding carboxylic acids is 2. The first-order chi connectivity index (χ1) is 18.7. The van der Waals surface area contributed by atoms with Gasteiger partial charge in [-0.15, -0.1) is 0 Å². The van der Waals surface area contributed by atoms with E-state index in [2.05, 4.69) is 30.8 Å². The van der Waals surface area contributed by atoms with Crippen molar-refractivity contribution in [1.82, 2.24) is 14.9 Å². The number of halogens is 3. The molecule has 0 radical (unpaired) electrons. The molecule has 0 atom stereocenters. The molecule has 202 valence electrons. The Labute approximate surface area is 221 Å². The van der Waals surface area contributed by atoms with Crippen LogP contribution in [0.25, 0.3) is 5.57 Å². The van der Waals surface area contributed by atoms with Crippen molar-refractivity contribution >= 4 is 34.4 Å². The van der Waals surface area contributed by atoms with Crippen molar-refractivity contribution in [2.75, 3.05) is 42.3 Å². The van der Waals surface area contributed by atoms with Crippen LogP contribution in [0.3, 0.4) is 0 Å². The van der Waals surface area contributed by atoms with E-state index in [1.54, 1.807) is 18.2 Å². The third-order valence-electron chi connectivity index (χ3n) is 6.19.